The number of hydrogen-bond acceptors (Lipinski definition) is 4. The summed E-state index contributed by atoms with van der Waals surface area (Å²) in [6.07, 6.45) is 3.00. The van der Waals surface area contributed by atoms with E-state index in [2.05, 4.69) is 22.7 Å². The van der Waals surface area contributed by atoms with Gasteiger partial charge in [-0.1, -0.05) is 13.0 Å². The molecule has 0 radical (unpaired) electrons. The summed E-state index contributed by atoms with van der Waals surface area (Å²) in [5.41, 5.74) is 3.09. The predicted octanol–water partition coefficient (Wildman–Crippen LogP) is 2.42. The highest BCUT2D eigenvalue weighted by Crippen LogP contribution is 2.32. The summed E-state index contributed by atoms with van der Waals surface area (Å²) in [5, 5.41) is 10.6. The van der Waals surface area contributed by atoms with Crippen molar-refractivity contribution in [3.63, 3.8) is 0 Å². The Labute approximate surface area is 142 Å². The van der Waals surface area contributed by atoms with Gasteiger partial charge in [0.15, 0.2) is 6.10 Å². The van der Waals surface area contributed by atoms with Crippen LogP contribution < -0.4 is 15.4 Å². The summed E-state index contributed by atoms with van der Waals surface area (Å²) >= 11 is 0. The molecule has 3 rings (SSSR count). The summed E-state index contributed by atoms with van der Waals surface area (Å²) in [6, 6.07) is 8.18. The molecule has 2 atom stereocenters. The molecule has 0 bridgehead atoms. The second-order valence-electron chi connectivity index (χ2n) is 6.13. The number of nitrogens with one attached hydrogen (secondary N) is 2. The van der Waals surface area contributed by atoms with Crippen LogP contribution in [0.4, 0.5) is 5.69 Å². The second kappa shape index (κ2) is 7.05. The third-order valence-electron chi connectivity index (χ3n) is 4.45. The number of amides is 1. The molecule has 0 spiro atoms. The number of aromatic nitrogens is 2. The number of aryl methyl sites for hydroxylation is 1. The van der Waals surface area contributed by atoms with Crippen LogP contribution in [0.25, 0.3) is 0 Å². The molecule has 1 aromatic heterocycles. The smallest absolute Gasteiger partial charge is 0.265 e. The van der Waals surface area contributed by atoms with Crippen LogP contribution in [0.15, 0.2) is 30.5 Å². The molecule has 1 aliphatic rings. The minimum atomic E-state index is -0.402. The Kier molecular flexibility index (Phi) is 4.85. The van der Waals surface area contributed by atoms with Gasteiger partial charge in [0.05, 0.1) is 5.69 Å². The van der Waals surface area contributed by atoms with Crippen LogP contribution in [-0.2, 0) is 18.3 Å². The van der Waals surface area contributed by atoms with Gasteiger partial charge in [-0.15, -0.1) is 0 Å². The van der Waals surface area contributed by atoms with E-state index >= 15 is 0 Å². The maximum atomic E-state index is 11.8. The quantitative estimate of drug-likeness (QED) is 0.854. The van der Waals surface area contributed by atoms with E-state index in [1.165, 1.54) is 5.69 Å². The van der Waals surface area contributed by atoms with Crippen LogP contribution in [0.3, 0.4) is 0 Å². The molecule has 2 heterocycles. The Balaban J connectivity index is 1.62. The summed E-state index contributed by atoms with van der Waals surface area (Å²) in [6.45, 7) is 4.94. The Morgan fingerprint density at radius 2 is 2.25 bits per heavy atom. The van der Waals surface area contributed by atoms with Crippen LogP contribution in [0.5, 0.6) is 5.75 Å². The molecule has 128 valence electrons. The Bertz CT molecular complexity index is 726. The van der Waals surface area contributed by atoms with Gasteiger partial charge < -0.3 is 15.4 Å². The fourth-order valence-electron chi connectivity index (χ4n) is 2.88. The van der Waals surface area contributed by atoms with Crippen LogP contribution in [-0.4, -0.2) is 28.3 Å². The fraction of sp³-hybridized carbons (Fsp3) is 0.444. The number of ether oxygens (including phenoxy) is 1. The van der Waals surface area contributed by atoms with E-state index in [0.29, 0.717) is 6.42 Å². The van der Waals surface area contributed by atoms with Crippen LogP contribution in [0.1, 0.15) is 37.6 Å². The third-order valence-corrected chi connectivity index (χ3v) is 4.45. The second-order valence-corrected chi connectivity index (χ2v) is 6.13. The molecule has 6 heteroatoms. The number of rotatable bonds is 6. The average molecular weight is 328 g/mol. The molecule has 2 N–H and O–H groups in total. The summed E-state index contributed by atoms with van der Waals surface area (Å²) < 4.78 is 7.71. The molecule has 2 unspecified atom stereocenters. The normalized spacial score (nSPS) is 17.8. The number of fused-ring (bicyclic) bond motifs is 1. The lowest BCUT2D eigenvalue weighted by Crippen LogP contribution is -2.36. The standard InChI is InChI=1S/C18H24N4O2/c1-4-16-18(23)21-15-6-5-13(11-17(15)24-16)12(2)19-9-7-14-8-10-20-22(14)3/h5-6,8,10-12,16,19H,4,7,9H2,1-3H3,(H,21,23). The molecule has 0 aliphatic carbocycles. The van der Waals surface area contributed by atoms with Crippen molar-refractivity contribution < 1.29 is 9.53 Å². The summed E-state index contributed by atoms with van der Waals surface area (Å²) in [5.74, 6) is 0.680. The minimum Gasteiger partial charge on any atom is -0.478 e. The van der Waals surface area contributed by atoms with Crippen molar-refractivity contribution >= 4 is 11.6 Å². The first-order valence-corrected chi connectivity index (χ1v) is 8.40. The van der Waals surface area contributed by atoms with Gasteiger partial charge in [-0.25, -0.2) is 0 Å². The first kappa shape index (κ1) is 16.5. The molecule has 6 nitrogen and oxygen atoms in total. The first-order chi connectivity index (χ1) is 11.6. The van der Waals surface area contributed by atoms with Gasteiger partial charge in [0.25, 0.3) is 5.91 Å². The van der Waals surface area contributed by atoms with Gasteiger partial charge in [-0.2, -0.15) is 5.10 Å². The van der Waals surface area contributed by atoms with E-state index in [1.54, 1.807) is 0 Å². The Morgan fingerprint density at radius 3 is 2.96 bits per heavy atom. The van der Waals surface area contributed by atoms with E-state index in [-0.39, 0.29) is 11.9 Å². The minimum absolute atomic E-state index is 0.0694. The SMILES string of the molecule is CCC1Oc2cc(C(C)NCCc3ccnn3C)ccc2NC1=O. The highest BCUT2D eigenvalue weighted by atomic mass is 16.5. The maximum Gasteiger partial charge on any atom is 0.265 e. The van der Waals surface area contributed by atoms with Gasteiger partial charge in [0.1, 0.15) is 5.75 Å². The molecule has 0 fully saturated rings. The van der Waals surface area contributed by atoms with E-state index in [4.69, 9.17) is 4.74 Å². The van der Waals surface area contributed by atoms with Crippen molar-refractivity contribution in [3.05, 3.63) is 41.7 Å². The zero-order valence-electron chi connectivity index (χ0n) is 14.4. The highest BCUT2D eigenvalue weighted by Gasteiger charge is 2.26. The largest absolute Gasteiger partial charge is 0.478 e. The number of carbonyl (C=O) groups is 1. The third kappa shape index (κ3) is 3.43. The molecule has 24 heavy (non-hydrogen) atoms. The van der Waals surface area contributed by atoms with Crippen molar-refractivity contribution in [1.82, 2.24) is 15.1 Å². The Morgan fingerprint density at radius 1 is 1.42 bits per heavy atom. The number of carbonyl (C=O) groups excluding carboxylic acids is 1. The summed E-state index contributed by atoms with van der Waals surface area (Å²) in [4.78, 5) is 11.8. The van der Waals surface area contributed by atoms with Crippen molar-refractivity contribution in [2.75, 3.05) is 11.9 Å². The zero-order chi connectivity index (χ0) is 17.1. The van der Waals surface area contributed by atoms with Crippen molar-refractivity contribution in [2.24, 2.45) is 7.05 Å². The van der Waals surface area contributed by atoms with Crippen LogP contribution >= 0.6 is 0 Å². The fourth-order valence-corrected chi connectivity index (χ4v) is 2.88. The van der Waals surface area contributed by atoms with Gasteiger partial charge in [-0.3, -0.25) is 9.48 Å². The molecule has 1 aliphatic heterocycles. The lowest BCUT2D eigenvalue weighted by molar-refractivity contribution is -0.123. The number of hydrogen-bond donors (Lipinski definition) is 2. The number of benzene rings is 1. The van der Waals surface area contributed by atoms with Crippen molar-refractivity contribution in [1.29, 1.82) is 0 Å². The Hall–Kier alpha value is -2.34. The highest BCUT2D eigenvalue weighted by molar-refractivity contribution is 5.97. The van der Waals surface area contributed by atoms with E-state index in [1.807, 2.05) is 49.1 Å². The lowest BCUT2D eigenvalue weighted by atomic mass is 10.1. The van der Waals surface area contributed by atoms with Crippen LogP contribution in [0, 0.1) is 0 Å². The predicted molar refractivity (Wildman–Crippen MR) is 93.1 cm³/mol. The van der Waals surface area contributed by atoms with Gasteiger partial charge in [0, 0.05) is 37.9 Å². The topological polar surface area (TPSA) is 68.2 Å². The number of nitrogens with zero attached hydrogens (tertiary/aromatic N) is 2. The van der Waals surface area contributed by atoms with Gasteiger partial charge in [-0.05, 0) is 37.1 Å². The van der Waals surface area contributed by atoms with Gasteiger partial charge in [0.2, 0.25) is 0 Å². The van der Waals surface area contributed by atoms with Crippen molar-refractivity contribution in [3.8, 4) is 5.75 Å². The molecular formula is C18H24N4O2. The van der Waals surface area contributed by atoms with Gasteiger partial charge >= 0.3 is 0 Å². The first-order valence-electron chi connectivity index (χ1n) is 8.40. The van der Waals surface area contributed by atoms with E-state index < -0.39 is 6.10 Å². The monoisotopic (exact) mass is 328 g/mol. The van der Waals surface area contributed by atoms with Crippen LogP contribution in [0.2, 0.25) is 0 Å². The van der Waals surface area contributed by atoms with Crippen molar-refractivity contribution in [2.45, 2.75) is 38.8 Å². The lowest BCUT2D eigenvalue weighted by Gasteiger charge is -2.26. The van der Waals surface area contributed by atoms with E-state index in [0.717, 1.165) is 30.0 Å². The molecule has 0 saturated heterocycles. The average Bonchev–Trinajstić information content (AvgIpc) is 2.99. The zero-order valence-corrected chi connectivity index (χ0v) is 14.4. The number of anilines is 1. The summed E-state index contributed by atoms with van der Waals surface area (Å²) in [7, 11) is 1.96. The maximum absolute atomic E-state index is 11.8. The molecular weight excluding hydrogens is 304 g/mol. The molecule has 0 saturated carbocycles. The molecule has 1 amide bonds. The molecule has 1 aromatic carbocycles. The van der Waals surface area contributed by atoms with E-state index in [9.17, 15) is 4.79 Å². The molecule has 2 aromatic rings.